The van der Waals surface area contributed by atoms with Crippen molar-refractivity contribution in [2.75, 3.05) is 0 Å². The monoisotopic (exact) mass is 305 g/mol. The molecule has 0 saturated carbocycles. The van der Waals surface area contributed by atoms with Gasteiger partial charge in [0.2, 0.25) is 0 Å². The fourth-order valence-corrected chi connectivity index (χ4v) is 2.05. The summed E-state index contributed by atoms with van der Waals surface area (Å²) >= 11 is 3.48. The van der Waals surface area contributed by atoms with E-state index in [1.54, 1.807) is 6.20 Å². The first-order valence-electron chi connectivity index (χ1n) is 5.77. The van der Waals surface area contributed by atoms with Crippen LogP contribution in [-0.4, -0.2) is 9.97 Å². The molecule has 2 N–H and O–H groups in total. The first-order chi connectivity index (χ1) is 8.38. The van der Waals surface area contributed by atoms with Crippen LogP contribution in [0.25, 0.3) is 11.3 Å². The number of benzene rings is 1. The van der Waals surface area contributed by atoms with Crippen LogP contribution in [0.15, 0.2) is 34.9 Å². The van der Waals surface area contributed by atoms with E-state index in [-0.39, 0.29) is 0 Å². The maximum Gasteiger partial charge on any atom is 0.148 e. The molecule has 0 aliphatic rings. The second kappa shape index (κ2) is 4.78. The van der Waals surface area contributed by atoms with Crippen LogP contribution in [0.1, 0.15) is 25.2 Å². The maximum absolute atomic E-state index is 6.04. The molecule has 2 rings (SSSR count). The van der Waals surface area contributed by atoms with Crippen molar-refractivity contribution in [2.45, 2.75) is 26.3 Å². The van der Waals surface area contributed by atoms with Crippen LogP contribution in [0.5, 0.6) is 0 Å². The van der Waals surface area contributed by atoms with Crippen molar-refractivity contribution in [3.8, 4) is 11.3 Å². The van der Waals surface area contributed by atoms with Gasteiger partial charge in [-0.3, -0.25) is 0 Å². The Morgan fingerprint density at radius 1 is 1.22 bits per heavy atom. The van der Waals surface area contributed by atoms with E-state index >= 15 is 0 Å². The lowest BCUT2D eigenvalue weighted by Crippen LogP contribution is -2.31. The molecule has 0 aliphatic heterocycles. The molecule has 0 atom stereocenters. The summed E-state index contributed by atoms with van der Waals surface area (Å²) in [5.41, 5.74) is 8.68. The zero-order chi connectivity index (χ0) is 13.3. The number of rotatable bonds is 2. The molecule has 94 valence electrons. The molecule has 1 aromatic carbocycles. The Morgan fingerprint density at radius 3 is 2.61 bits per heavy atom. The average Bonchev–Trinajstić information content (AvgIpc) is 2.31. The van der Waals surface area contributed by atoms with E-state index in [0.29, 0.717) is 5.82 Å². The number of hydrogen-bond acceptors (Lipinski definition) is 3. The molecular formula is C14H16BrN3. The van der Waals surface area contributed by atoms with Gasteiger partial charge in [0.25, 0.3) is 0 Å². The Balaban J connectivity index is 2.55. The van der Waals surface area contributed by atoms with Crippen LogP contribution < -0.4 is 5.73 Å². The average molecular weight is 306 g/mol. The van der Waals surface area contributed by atoms with E-state index in [1.807, 2.05) is 26.0 Å². The molecule has 1 heterocycles. The predicted molar refractivity (Wildman–Crippen MR) is 77.1 cm³/mol. The van der Waals surface area contributed by atoms with E-state index in [2.05, 4.69) is 45.0 Å². The zero-order valence-electron chi connectivity index (χ0n) is 10.7. The number of halogens is 1. The Bertz CT molecular complexity index is 573. The molecular weight excluding hydrogens is 290 g/mol. The van der Waals surface area contributed by atoms with Crippen molar-refractivity contribution in [1.29, 1.82) is 0 Å². The molecule has 0 aliphatic carbocycles. The molecule has 0 saturated heterocycles. The van der Waals surface area contributed by atoms with Gasteiger partial charge in [-0.25, -0.2) is 9.97 Å². The summed E-state index contributed by atoms with van der Waals surface area (Å²) in [5.74, 6) is 0.652. The first kappa shape index (κ1) is 13.2. The van der Waals surface area contributed by atoms with E-state index in [0.717, 1.165) is 15.7 Å². The number of aromatic nitrogens is 2. The van der Waals surface area contributed by atoms with Gasteiger partial charge in [0.1, 0.15) is 5.82 Å². The molecule has 1 aromatic heterocycles. The molecule has 3 nitrogen and oxygen atoms in total. The van der Waals surface area contributed by atoms with Crippen molar-refractivity contribution in [3.05, 3.63) is 46.3 Å². The van der Waals surface area contributed by atoms with Gasteiger partial charge < -0.3 is 5.73 Å². The zero-order valence-corrected chi connectivity index (χ0v) is 12.3. The van der Waals surface area contributed by atoms with E-state index in [4.69, 9.17) is 5.73 Å². The highest BCUT2D eigenvalue weighted by atomic mass is 79.9. The fourth-order valence-electron chi connectivity index (χ4n) is 1.69. The second-order valence-corrected chi connectivity index (χ2v) is 5.86. The van der Waals surface area contributed by atoms with Crippen LogP contribution in [-0.2, 0) is 5.54 Å². The molecule has 0 fully saturated rings. The number of aryl methyl sites for hydroxylation is 1. The molecule has 0 bridgehead atoms. The summed E-state index contributed by atoms with van der Waals surface area (Å²) < 4.78 is 1.04. The Morgan fingerprint density at radius 2 is 1.94 bits per heavy atom. The highest BCUT2D eigenvalue weighted by Crippen LogP contribution is 2.26. The highest BCUT2D eigenvalue weighted by Gasteiger charge is 2.18. The van der Waals surface area contributed by atoms with Crippen molar-refractivity contribution >= 4 is 15.9 Å². The fraction of sp³-hybridized carbons (Fsp3) is 0.286. The number of hydrogen-bond donors (Lipinski definition) is 1. The summed E-state index contributed by atoms with van der Waals surface area (Å²) in [4.78, 5) is 8.80. The Labute approximate surface area is 116 Å². The lowest BCUT2D eigenvalue weighted by atomic mass is 10.0. The number of nitrogens with two attached hydrogens (primary N) is 1. The van der Waals surface area contributed by atoms with Crippen LogP contribution in [0.3, 0.4) is 0 Å². The van der Waals surface area contributed by atoms with Gasteiger partial charge in [-0.2, -0.15) is 0 Å². The van der Waals surface area contributed by atoms with Crippen molar-refractivity contribution in [1.82, 2.24) is 9.97 Å². The largest absolute Gasteiger partial charge is 0.319 e. The predicted octanol–water partition coefficient (Wildman–Crippen LogP) is 3.41. The maximum atomic E-state index is 6.04. The lowest BCUT2D eigenvalue weighted by Gasteiger charge is -2.17. The van der Waals surface area contributed by atoms with Crippen molar-refractivity contribution < 1.29 is 0 Å². The quantitative estimate of drug-likeness (QED) is 0.925. The standard InChI is InChI=1S/C14H16BrN3/c1-9-4-5-10(15)8-11(9)12-6-7-17-13(18-12)14(2,3)16/h4-8H,16H2,1-3H3. The van der Waals surface area contributed by atoms with Gasteiger partial charge in [-0.1, -0.05) is 22.0 Å². The minimum Gasteiger partial charge on any atom is -0.319 e. The molecule has 0 radical (unpaired) electrons. The third-order valence-corrected chi connectivity index (χ3v) is 3.20. The van der Waals surface area contributed by atoms with E-state index < -0.39 is 5.54 Å². The topological polar surface area (TPSA) is 51.8 Å². The van der Waals surface area contributed by atoms with E-state index in [9.17, 15) is 0 Å². The third kappa shape index (κ3) is 2.76. The first-order valence-corrected chi connectivity index (χ1v) is 6.56. The van der Waals surface area contributed by atoms with Gasteiger partial charge in [-0.05, 0) is 44.5 Å². The van der Waals surface area contributed by atoms with Crippen LogP contribution in [0, 0.1) is 6.92 Å². The molecule has 2 aromatic rings. The minimum atomic E-state index is -0.532. The SMILES string of the molecule is Cc1ccc(Br)cc1-c1ccnc(C(C)(C)N)n1. The minimum absolute atomic E-state index is 0.532. The summed E-state index contributed by atoms with van der Waals surface area (Å²) in [6, 6.07) is 8.05. The Kier molecular flexibility index (Phi) is 3.50. The summed E-state index contributed by atoms with van der Waals surface area (Å²) in [6.07, 6.45) is 1.76. The molecule has 0 spiro atoms. The molecule has 18 heavy (non-hydrogen) atoms. The van der Waals surface area contributed by atoms with Gasteiger partial charge in [-0.15, -0.1) is 0 Å². The van der Waals surface area contributed by atoms with Crippen molar-refractivity contribution in [2.24, 2.45) is 5.73 Å². The third-order valence-electron chi connectivity index (χ3n) is 2.71. The summed E-state index contributed by atoms with van der Waals surface area (Å²) in [6.45, 7) is 5.87. The molecule has 0 amide bonds. The van der Waals surface area contributed by atoms with Gasteiger partial charge >= 0.3 is 0 Å². The Hall–Kier alpha value is -1.26. The van der Waals surface area contributed by atoms with Gasteiger partial charge in [0, 0.05) is 16.2 Å². The molecule has 0 unspecified atom stereocenters. The van der Waals surface area contributed by atoms with E-state index in [1.165, 1.54) is 5.56 Å². The number of nitrogens with zero attached hydrogens (tertiary/aromatic N) is 2. The highest BCUT2D eigenvalue weighted by molar-refractivity contribution is 9.10. The summed E-state index contributed by atoms with van der Waals surface area (Å²) in [5, 5.41) is 0. The second-order valence-electron chi connectivity index (χ2n) is 4.95. The van der Waals surface area contributed by atoms with Crippen LogP contribution >= 0.6 is 15.9 Å². The van der Waals surface area contributed by atoms with Crippen LogP contribution in [0.4, 0.5) is 0 Å². The normalized spacial score (nSPS) is 11.6. The smallest absolute Gasteiger partial charge is 0.148 e. The van der Waals surface area contributed by atoms with Crippen molar-refractivity contribution in [3.63, 3.8) is 0 Å². The summed E-state index contributed by atoms with van der Waals surface area (Å²) in [7, 11) is 0. The van der Waals surface area contributed by atoms with Gasteiger partial charge in [0.15, 0.2) is 0 Å². The van der Waals surface area contributed by atoms with Crippen LogP contribution in [0.2, 0.25) is 0 Å². The van der Waals surface area contributed by atoms with Gasteiger partial charge in [0.05, 0.1) is 11.2 Å². The lowest BCUT2D eigenvalue weighted by molar-refractivity contribution is 0.514. The molecule has 4 heteroatoms.